The molecule has 0 amide bonds. The molecule has 0 aliphatic carbocycles. The van der Waals surface area contributed by atoms with E-state index in [-0.39, 0.29) is 11.1 Å². The molecule has 94 valence electrons. The Morgan fingerprint density at radius 1 is 1.53 bits per heavy atom. The standard InChI is InChI=1S/C13H16BrFOS/c1-9-13(16,3-2-4-17-9)8-10-5-11(14)7-12(15)6-10/h5-7,9,16H,2-4,8H2,1H3. The summed E-state index contributed by atoms with van der Waals surface area (Å²) < 4.78 is 14.0. The lowest BCUT2D eigenvalue weighted by Crippen LogP contribution is -2.43. The van der Waals surface area contributed by atoms with Crippen molar-refractivity contribution in [3.8, 4) is 0 Å². The molecule has 1 saturated heterocycles. The van der Waals surface area contributed by atoms with Crippen LogP contribution in [0.5, 0.6) is 0 Å². The van der Waals surface area contributed by atoms with Crippen LogP contribution in [-0.4, -0.2) is 21.7 Å². The van der Waals surface area contributed by atoms with Crippen molar-refractivity contribution in [1.82, 2.24) is 0 Å². The molecule has 1 aromatic rings. The second-order valence-electron chi connectivity index (χ2n) is 4.67. The predicted octanol–water partition coefficient (Wildman–Crippen LogP) is 3.78. The van der Waals surface area contributed by atoms with E-state index in [0.717, 1.165) is 28.6 Å². The summed E-state index contributed by atoms with van der Waals surface area (Å²) in [7, 11) is 0. The zero-order valence-corrected chi connectivity index (χ0v) is 12.2. The molecule has 1 heterocycles. The van der Waals surface area contributed by atoms with E-state index in [9.17, 15) is 9.50 Å². The highest BCUT2D eigenvalue weighted by Gasteiger charge is 2.36. The number of hydrogen-bond donors (Lipinski definition) is 1. The summed E-state index contributed by atoms with van der Waals surface area (Å²) in [4.78, 5) is 0. The molecule has 0 bridgehead atoms. The molecule has 1 nitrogen and oxygen atoms in total. The van der Waals surface area contributed by atoms with Gasteiger partial charge in [0, 0.05) is 16.1 Å². The van der Waals surface area contributed by atoms with Gasteiger partial charge in [0.2, 0.25) is 0 Å². The molecule has 1 N–H and O–H groups in total. The SMILES string of the molecule is CC1SCCCC1(O)Cc1cc(F)cc(Br)c1. The Bertz CT molecular complexity index is 392. The lowest BCUT2D eigenvalue weighted by Gasteiger charge is -2.37. The Balaban J connectivity index is 2.18. The Morgan fingerprint density at radius 2 is 2.29 bits per heavy atom. The second-order valence-corrected chi connectivity index (χ2v) is 7.04. The smallest absolute Gasteiger partial charge is 0.124 e. The van der Waals surface area contributed by atoms with Crippen molar-refractivity contribution in [3.05, 3.63) is 34.1 Å². The van der Waals surface area contributed by atoms with Crippen LogP contribution in [0.15, 0.2) is 22.7 Å². The van der Waals surface area contributed by atoms with Crippen molar-refractivity contribution in [3.63, 3.8) is 0 Å². The quantitative estimate of drug-likeness (QED) is 0.895. The van der Waals surface area contributed by atoms with Crippen LogP contribution >= 0.6 is 27.7 Å². The number of benzene rings is 1. The van der Waals surface area contributed by atoms with E-state index in [1.54, 1.807) is 11.8 Å². The minimum atomic E-state index is -0.698. The highest BCUT2D eigenvalue weighted by atomic mass is 79.9. The normalized spacial score (nSPS) is 29.3. The Hall–Kier alpha value is -0.0600. The van der Waals surface area contributed by atoms with Gasteiger partial charge in [-0.1, -0.05) is 22.9 Å². The van der Waals surface area contributed by atoms with Gasteiger partial charge >= 0.3 is 0 Å². The van der Waals surface area contributed by atoms with Crippen LogP contribution < -0.4 is 0 Å². The zero-order valence-electron chi connectivity index (χ0n) is 9.75. The molecule has 2 atom stereocenters. The second kappa shape index (κ2) is 5.29. The summed E-state index contributed by atoms with van der Waals surface area (Å²) in [6, 6.07) is 4.83. The molecule has 2 unspecified atom stereocenters. The first kappa shape index (κ1) is 13.4. The van der Waals surface area contributed by atoms with Crippen LogP contribution in [0.2, 0.25) is 0 Å². The first-order valence-corrected chi connectivity index (χ1v) is 7.63. The van der Waals surface area contributed by atoms with Crippen molar-refractivity contribution in [2.24, 2.45) is 0 Å². The van der Waals surface area contributed by atoms with Crippen molar-refractivity contribution < 1.29 is 9.50 Å². The summed E-state index contributed by atoms with van der Waals surface area (Å²) in [6.45, 7) is 2.05. The van der Waals surface area contributed by atoms with Gasteiger partial charge in [0.15, 0.2) is 0 Å². The molecule has 0 radical (unpaired) electrons. The maximum absolute atomic E-state index is 13.3. The average molecular weight is 319 g/mol. The van der Waals surface area contributed by atoms with Crippen LogP contribution in [0, 0.1) is 5.82 Å². The summed E-state index contributed by atoms with van der Waals surface area (Å²) >= 11 is 5.08. The van der Waals surface area contributed by atoms with Crippen LogP contribution in [0.25, 0.3) is 0 Å². The van der Waals surface area contributed by atoms with Gasteiger partial charge in [-0.05, 0) is 42.4 Å². The van der Waals surface area contributed by atoms with Gasteiger partial charge in [-0.2, -0.15) is 11.8 Å². The Kier molecular flexibility index (Phi) is 4.16. The largest absolute Gasteiger partial charge is 0.388 e. The number of hydrogen-bond acceptors (Lipinski definition) is 2. The van der Waals surface area contributed by atoms with Gasteiger partial charge in [0.25, 0.3) is 0 Å². The maximum atomic E-state index is 13.3. The third-order valence-corrected chi connectivity index (χ3v) is 5.23. The van der Waals surface area contributed by atoms with Gasteiger partial charge in [-0.3, -0.25) is 0 Å². The molecular weight excluding hydrogens is 303 g/mol. The minimum Gasteiger partial charge on any atom is -0.388 e. The van der Waals surface area contributed by atoms with Crippen LogP contribution in [0.3, 0.4) is 0 Å². The summed E-state index contributed by atoms with van der Waals surface area (Å²) in [5.74, 6) is 0.852. The van der Waals surface area contributed by atoms with Gasteiger partial charge in [-0.15, -0.1) is 0 Å². The molecule has 1 aromatic carbocycles. The monoisotopic (exact) mass is 318 g/mol. The highest BCUT2D eigenvalue weighted by molar-refractivity contribution is 9.10. The molecular formula is C13H16BrFOS. The van der Waals surface area contributed by atoms with E-state index in [4.69, 9.17) is 0 Å². The molecule has 1 aliphatic heterocycles. The van der Waals surface area contributed by atoms with Crippen molar-refractivity contribution in [1.29, 1.82) is 0 Å². The average Bonchev–Trinajstić information content (AvgIpc) is 2.21. The van der Waals surface area contributed by atoms with E-state index < -0.39 is 5.60 Å². The fourth-order valence-electron chi connectivity index (χ4n) is 2.30. The zero-order chi connectivity index (χ0) is 12.5. The van der Waals surface area contributed by atoms with Gasteiger partial charge in [0.1, 0.15) is 5.82 Å². The summed E-state index contributed by atoms with van der Waals surface area (Å²) in [5.41, 5.74) is 0.157. The molecule has 1 aliphatic rings. The molecule has 4 heteroatoms. The summed E-state index contributed by atoms with van der Waals surface area (Å²) in [6.07, 6.45) is 2.36. The number of aliphatic hydroxyl groups is 1. The number of thioether (sulfide) groups is 1. The fourth-order valence-corrected chi connectivity index (χ4v) is 3.98. The molecule has 0 aromatic heterocycles. The predicted molar refractivity (Wildman–Crippen MR) is 73.9 cm³/mol. The molecule has 2 rings (SSSR count). The molecule has 0 spiro atoms. The van der Waals surface area contributed by atoms with Gasteiger partial charge in [-0.25, -0.2) is 4.39 Å². The van der Waals surface area contributed by atoms with Crippen molar-refractivity contribution in [2.45, 2.75) is 37.0 Å². The molecule has 1 fully saturated rings. The van der Waals surface area contributed by atoms with E-state index in [1.165, 1.54) is 12.1 Å². The van der Waals surface area contributed by atoms with Crippen LogP contribution in [0.4, 0.5) is 4.39 Å². The third-order valence-electron chi connectivity index (χ3n) is 3.31. The van der Waals surface area contributed by atoms with Crippen LogP contribution in [0.1, 0.15) is 25.3 Å². The van der Waals surface area contributed by atoms with Crippen molar-refractivity contribution >= 4 is 27.7 Å². The van der Waals surface area contributed by atoms with Gasteiger partial charge in [0.05, 0.1) is 5.60 Å². The lowest BCUT2D eigenvalue weighted by molar-refractivity contribution is 0.0297. The van der Waals surface area contributed by atoms with Crippen LogP contribution in [-0.2, 0) is 6.42 Å². The van der Waals surface area contributed by atoms with E-state index in [2.05, 4.69) is 22.9 Å². The maximum Gasteiger partial charge on any atom is 0.124 e. The minimum absolute atomic E-state index is 0.207. The topological polar surface area (TPSA) is 20.2 Å². The van der Waals surface area contributed by atoms with Gasteiger partial charge < -0.3 is 5.11 Å². The lowest BCUT2D eigenvalue weighted by atomic mass is 9.87. The first-order chi connectivity index (χ1) is 7.99. The molecule has 0 saturated carbocycles. The Morgan fingerprint density at radius 3 is 2.94 bits per heavy atom. The van der Waals surface area contributed by atoms with Crippen molar-refractivity contribution in [2.75, 3.05) is 5.75 Å². The molecule has 17 heavy (non-hydrogen) atoms. The third kappa shape index (κ3) is 3.24. The Labute approximate surface area is 114 Å². The first-order valence-electron chi connectivity index (χ1n) is 5.78. The van der Waals surface area contributed by atoms with E-state index >= 15 is 0 Å². The highest BCUT2D eigenvalue weighted by Crippen LogP contribution is 2.36. The number of halogens is 2. The fraction of sp³-hybridized carbons (Fsp3) is 0.538. The van der Waals surface area contributed by atoms with E-state index in [0.29, 0.717) is 6.42 Å². The van der Waals surface area contributed by atoms with E-state index in [1.807, 2.05) is 6.07 Å². The summed E-state index contributed by atoms with van der Waals surface area (Å²) in [5, 5.41) is 10.8. The number of rotatable bonds is 2.